The summed E-state index contributed by atoms with van der Waals surface area (Å²) < 4.78 is 0. The van der Waals surface area contributed by atoms with Gasteiger partial charge in [-0.05, 0) is 56.2 Å². The molecule has 0 aliphatic carbocycles. The number of amides is 2. The quantitative estimate of drug-likeness (QED) is 0.788. The normalized spacial score (nSPS) is 25.5. The van der Waals surface area contributed by atoms with Gasteiger partial charge in [-0.3, -0.25) is 9.59 Å². The predicted octanol–water partition coefficient (Wildman–Crippen LogP) is 2.37. The van der Waals surface area contributed by atoms with Gasteiger partial charge in [0.2, 0.25) is 11.8 Å². The number of carbonyl (C=O) groups is 2. The molecule has 2 aliphatic rings. The number of hydrogen-bond donors (Lipinski definition) is 3. The number of halogens is 1. The molecule has 1 aromatic carbocycles. The number of benzene rings is 1. The van der Waals surface area contributed by atoms with Crippen molar-refractivity contribution in [1.82, 2.24) is 5.32 Å². The van der Waals surface area contributed by atoms with Gasteiger partial charge in [-0.25, -0.2) is 0 Å². The molecule has 2 amide bonds. The van der Waals surface area contributed by atoms with Gasteiger partial charge in [-0.1, -0.05) is 6.07 Å². The third-order valence-corrected chi connectivity index (χ3v) is 4.84. The first-order valence-electron chi connectivity index (χ1n) is 7.97. The van der Waals surface area contributed by atoms with E-state index < -0.39 is 5.91 Å². The molecule has 0 aromatic heterocycles. The number of nitrogens with one attached hydrogen (secondary N) is 2. The molecule has 23 heavy (non-hydrogen) atoms. The number of rotatable bonds is 4. The zero-order chi connectivity index (χ0) is 15.7. The van der Waals surface area contributed by atoms with Crippen LogP contribution in [0.1, 0.15) is 48.0 Å². The van der Waals surface area contributed by atoms with E-state index in [4.69, 9.17) is 5.73 Å². The zero-order valence-corrected chi connectivity index (χ0v) is 14.1. The molecule has 3 rings (SSSR count). The molecule has 2 unspecified atom stereocenters. The number of fused-ring (bicyclic) bond motifs is 2. The highest BCUT2D eigenvalue weighted by Crippen LogP contribution is 2.32. The lowest BCUT2D eigenvalue weighted by molar-refractivity contribution is -0.117. The molecule has 2 fully saturated rings. The Morgan fingerprint density at radius 1 is 1.26 bits per heavy atom. The zero-order valence-electron chi connectivity index (χ0n) is 13.3. The molecule has 2 saturated heterocycles. The average molecular weight is 338 g/mol. The molecule has 2 bridgehead atoms. The molecule has 1 aromatic rings. The highest BCUT2D eigenvalue weighted by atomic mass is 35.5. The third-order valence-electron chi connectivity index (χ3n) is 4.84. The largest absolute Gasteiger partial charge is 0.366 e. The predicted molar refractivity (Wildman–Crippen MR) is 92.9 cm³/mol. The molecule has 5 nitrogen and oxygen atoms in total. The Kier molecular flexibility index (Phi) is 5.65. The van der Waals surface area contributed by atoms with Crippen molar-refractivity contribution in [1.29, 1.82) is 0 Å². The molecular formula is C17H24ClN3O2. The average Bonchev–Trinajstić information content (AvgIpc) is 2.80. The van der Waals surface area contributed by atoms with Crippen molar-refractivity contribution in [2.75, 3.05) is 5.32 Å². The van der Waals surface area contributed by atoms with Crippen molar-refractivity contribution in [3.05, 3.63) is 29.3 Å². The molecule has 2 atom stereocenters. The van der Waals surface area contributed by atoms with Crippen molar-refractivity contribution in [3.63, 3.8) is 0 Å². The topological polar surface area (TPSA) is 84.2 Å². The van der Waals surface area contributed by atoms with E-state index in [-0.39, 0.29) is 18.3 Å². The van der Waals surface area contributed by atoms with Gasteiger partial charge in [0.25, 0.3) is 0 Å². The van der Waals surface area contributed by atoms with Crippen molar-refractivity contribution in [2.24, 2.45) is 11.7 Å². The highest BCUT2D eigenvalue weighted by molar-refractivity contribution is 5.97. The number of primary amides is 1. The molecule has 0 spiro atoms. The summed E-state index contributed by atoms with van der Waals surface area (Å²) in [6, 6.07) is 6.33. The fourth-order valence-corrected chi connectivity index (χ4v) is 3.72. The van der Waals surface area contributed by atoms with Crippen LogP contribution in [0.3, 0.4) is 0 Å². The van der Waals surface area contributed by atoms with E-state index in [0.29, 0.717) is 35.7 Å². The van der Waals surface area contributed by atoms with Gasteiger partial charge in [0.15, 0.2) is 0 Å². The second kappa shape index (κ2) is 7.32. The Morgan fingerprint density at radius 2 is 1.91 bits per heavy atom. The number of anilines is 1. The Bertz CT molecular complexity index is 594. The monoisotopic (exact) mass is 337 g/mol. The first-order valence-corrected chi connectivity index (χ1v) is 7.97. The summed E-state index contributed by atoms with van der Waals surface area (Å²) in [5.41, 5.74) is 7.32. The minimum atomic E-state index is -0.481. The van der Waals surface area contributed by atoms with Crippen molar-refractivity contribution >= 4 is 29.9 Å². The van der Waals surface area contributed by atoms with Crippen LogP contribution in [0.25, 0.3) is 0 Å². The van der Waals surface area contributed by atoms with Crippen LogP contribution in [0.15, 0.2) is 18.2 Å². The van der Waals surface area contributed by atoms with Crippen LogP contribution in [0.2, 0.25) is 0 Å². The lowest BCUT2D eigenvalue weighted by Gasteiger charge is -2.28. The van der Waals surface area contributed by atoms with Crippen molar-refractivity contribution in [3.8, 4) is 0 Å². The molecule has 2 heterocycles. The van der Waals surface area contributed by atoms with Crippen LogP contribution in [0.4, 0.5) is 5.69 Å². The second-order valence-electron chi connectivity index (χ2n) is 6.62. The summed E-state index contributed by atoms with van der Waals surface area (Å²) in [6.07, 6.45) is 5.20. The van der Waals surface area contributed by atoms with Gasteiger partial charge < -0.3 is 16.4 Å². The van der Waals surface area contributed by atoms with Gasteiger partial charge in [-0.2, -0.15) is 0 Å². The fourth-order valence-electron chi connectivity index (χ4n) is 3.72. The molecule has 0 saturated carbocycles. The van der Waals surface area contributed by atoms with Crippen molar-refractivity contribution in [2.45, 2.75) is 51.1 Å². The lowest BCUT2D eigenvalue weighted by Crippen LogP contribution is -2.39. The first-order chi connectivity index (χ1) is 10.5. The van der Waals surface area contributed by atoms with E-state index in [9.17, 15) is 9.59 Å². The van der Waals surface area contributed by atoms with Crippen LogP contribution in [-0.4, -0.2) is 23.9 Å². The van der Waals surface area contributed by atoms with E-state index in [2.05, 4.69) is 10.6 Å². The summed E-state index contributed by atoms with van der Waals surface area (Å²) in [7, 11) is 0. The molecule has 2 aliphatic heterocycles. The van der Waals surface area contributed by atoms with E-state index in [1.807, 2.05) is 6.92 Å². The first kappa shape index (κ1) is 17.8. The number of hydrogen-bond acceptors (Lipinski definition) is 3. The van der Waals surface area contributed by atoms with Gasteiger partial charge >= 0.3 is 0 Å². The molecule has 0 radical (unpaired) electrons. The Balaban J connectivity index is 0.00000192. The Morgan fingerprint density at radius 3 is 2.52 bits per heavy atom. The van der Waals surface area contributed by atoms with Crippen LogP contribution in [0, 0.1) is 12.8 Å². The van der Waals surface area contributed by atoms with Crippen LogP contribution < -0.4 is 16.4 Å². The van der Waals surface area contributed by atoms with E-state index >= 15 is 0 Å². The summed E-state index contributed by atoms with van der Waals surface area (Å²) in [5, 5.41) is 6.52. The molecule has 4 N–H and O–H groups in total. The maximum atomic E-state index is 12.3. The van der Waals surface area contributed by atoms with Crippen LogP contribution in [0.5, 0.6) is 0 Å². The van der Waals surface area contributed by atoms with Crippen LogP contribution in [-0.2, 0) is 4.79 Å². The standard InChI is InChI=1S/C17H23N3O2.ClH/c1-10-2-3-12(17(18)22)9-15(10)20-16(21)8-11-6-13-4-5-14(7-11)19-13;/h2-3,9,11,13-14,19H,4-8H2,1H3,(H2,18,22)(H,20,21);1H. The maximum Gasteiger partial charge on any atom is 0.248 e. The van der Waals surface area contributed by atoms with E-state index in [0.717, 1.165) is 18.4 Å². The minimum Gasteiger partial charge on any atom is -0.366 e. The lowest BCUT2D eigenvalue weighted by atomic mass is 9.89. The smallest absolute Gasteiger partial charge is 0.248 e. The Labute approximate surface area is 142 Å². The summed E-state index contributed by atoms with van der Waals surface area (Å²) in [4.78, 5) is 23.5. The molecular weight excluding hydrogens is 314 g/mol. The molecule has 6 heteroatoms. The van der Waals surface area contributed by atoms with Gasteiger partial charge in [0.05, 0.1) is 0 Å². The van der Waals surface area contributed by atoms with Crippen molar-refractivity contribution < 1.29 is 9.59 Å². The van der Waals surface area contributed by atoms with Gasteiger partial charge in [0, 0.05) is 29.8 Å². The minimum absolute atomic E-state index is 0. The SMILES string of the molecule is Cc1ccc(C(N)=O)cc1NC(=O)CC1CC2CCC(C1)N2.Cl. The third kappa shape index (κ3) is 4.24. The fraction of sp³-hybridized carbons (Fsp3) is 0.529. The number of carbonyl (C=O) groups excluding carboxylic acids is 2. The highest BCUT2D eigenvalue weighted by Gasteiger charge is 2.34. The van der Waals surface area contributed by atoms with Gasteiger partial charge in [-0.15, -0.1) is 12.4 Å². The van der Waals surface area contributed by atoms with Crippen LogP contribution >= 0.6 is 12.4 Å². The summed E-state index contributed by atoms with van der Waals surface area (Å²) in [5.74, 6) is -0.000159. The summed E-state index contributed by atoms with van der Waals surface area (Å²) in [6.45, 7) is 1.91. The molecule has 126 valence electrons. The number of piperidine rings is 1. The number of nitrogens with two attached hydrogens (primary N) is 1. The maximum absolute atomic E-state index is 12.3. The Hall–Kier alpha value is -1.59. The van der Waals surface area contributed by atoms with Gasteiger partial charge in [0.1, 0.15) is 0 Å². The second-order valence-corrected chi connectivity index (χ2v) is 6.62. The van der Waals surface area contributed by atoms with E-state index in [1.165, 1.54) is 12.8 Å². The number of aryl methyl sites for hydroxylation is 1. The summed E-state index contributed by atoms with van der Waals surface area (Å²) >= 11 is 0. The van der Waals surface area contributed by atoms with E-state index in [1.54, 1.807) is 18.2 Å².